The average molecular weight is 358 g/mol. The first kappa shape index (κ1) is 17.8. The fraction of sp³-hybridized carbons (Fsp3) is 0.389. The summed E-state index contributed by atoms with van der Waals surface area (Å²) < 4.78 is 16.0. The number of nitrogens with zero attached hydrogens (tertiary/aromatic N) is 4. The molecule has 0 radical (unpaired) electrons. The first-order chi connectivity index (χ1) is 12.7. The van der Waals surface area contributed by atoms with Crippen LogP contribution in [0.1, 0.15) is 18.0 Å². The topological polar surface area (TPSA) is 78.7 Å². The van der Waals surface area contributed by atoms with E-state index >= 15 is 0 Å². The largest absolute Gasteiger partial charge is 0.493 e. The van der Waals surface area contributed by atoms with E-state index < -0.39 is 0 Å². The molecule has 26 heavy (non-hydrogen) atoms. The lowest BCUT2D eigenvalue weighted by Crippen LogP contribution is -2.27. The molecule has 2 aromatic rings. The molecule has 0 bridgehead atoms. The van der Waals surface area contributed by atoms with Crippen molar-refractivity contribution in [3.63, 3.8) is 0 Å². The zero-order valence-corrected chi connectivity index (χ0v) is 15.1. The molecule has 1 aromatic carbocycles. The van der Waals surface area contributed by atoms with Gasteiger partial charge in [0.2, 0.25) is 11.7 Å². The lowest BCUT2D eigenvalue weighted by Gasteiger charge is -2.14. The molecule has 1 amide bonds. The Balaban J connectivity index is 1.70. The molecule has 0 N–H and O–H groups in total. The smallest absolute Gasteiger partial charge is 0.246 e. The van der Waals surface area contributed by atoms with Crippen LogP contribution in [0.4, 0.5) is 0 Å². The number of hydrogen-bond acceptors (Lipinski definition) is 6. The Morgan fingerprint density at radius 1 is 1.12 bits per heavy atom. The van der Waals surface area contributed by atoms with Crippen LogP contribution in [0, 0.1) is 0 Å². The van der Waals surface area contributed by atoms with Gasteiger partial charge in [0.15, 0.2) is 11.5 Å². The first-order valence-electron chi connectivity index (χ1n) is 8.29. The van der Waals surface area contributed by atoms with Crippen molar-refractivity contribution in [2.75, 3.05) is 34.4 Å². The van der Waals surface area contributed by atoms with Gasteiger partial charge in [-0.1, -0.05) is 0 Å². The van der Waals surface area contributed by atoms with Gasteiger partial charge in [0.05, 0.1) is 39.8 Å². The van der Waals surface area contributed by atoms with Crippen LogP contribution in [-0.2, 0) is 4.79 Å². The normalized spacial score (nSPS) is 16.9. The third-order valence-electron chi connectivity index (χ3n) is 4.34. The summed E-state index contributed by atoms with van der Waals surface area (Å²) in [7, 11) is 4.67. The molecule has 138 valence electrons. The molecule has 1 fully saturated rings. The van der Waals surface area contributed by atoms with Crippen LogP contribution < -0.4 is 14.2 Å². The standard InChI is InChI=1S/C18H22N4O4/c1-24-15-10-13(11-16(25-2)18(15)26-3)4-5-17(23)21-9-6-14(12-21)22-19-7-8-20-22/h4-5,7-8,10-11,14H,6,9,12H2,1-3H3/b5-4+. The van der Waals surface area contributed by atoms with Crippen LogP contribution in [0.15, 0.2) is 30.6 Å². The number of aromatic nitrogens is 3. The molecule has 1 atom stereocenters. The molecule has 1 unspecified atom stereocenters. The monoisotopic (exact) mass is 358 g/mol. The van der Waals surface area contributed by atoms with Gasteiger partial charge in [-0.3, -0.25) is 4.79 Å². The van der Waals surface area contributed by atoms with E-state index in [-0.39, 0.29) is 11.9 Å². The Bertz CT molecular complexity index is 763. The summed E-state index contributed by atoms with van der Waals surface area (Å²) in [6, 6.07) is 3.72. The number of likely N-dealkylation sites (tertiary alicyclic amines) is 1. The maximum Gasteiger partial charge on any atom is 0.246 e. The molecule has 8 heteroatoms. The highest BCUT2D eigenvalue weighted by Crippen LogP contribution is 2.38. The van der Waals surface area contributed by atoms with Crippen LogP contribution in [0.5, 0.6) is 17.2 Å². The number of ether oxygens (including phenoxy) is 3. The van der Waals surface area contributed by atoms with Crippen LogP contribution in [-0.4, -0.2) is 60.2 Å². The number of carbonyl (C=O) groups is 1. The summed E-state index contributed by atoms with van der Waals surface area (Å²) in [4.78, 5) is 15.9. The molecule has 0 aliphatic carbocycles. The Morgan fingerprint density at radius 3 is 2.35 bits per heavy atom. The van der Waals surface area contributed by atoms with Crippen molar-refractivity contribution in [3.8, 4) is 17.2 Å². The highest BCUT2D eigenvalue weighted by molar-refractivity contribution is 5.92. The minimum atomic E-state index is -0.0478. The lowest BCUT2D eigenvalue weighted by molar-refractivity contribution is -0.125. The van der Waals surface area contributed by atoms with Crippen LogP contribution >= 0.6 is 0 Å². The zero-order valence-electron chi connectivity index (χ0n) is 15.1. The quantitative estimate of drug-likeness (QED) is 0.733. The van der Waals surface area contributed by atoms with Crippen molar-refractivity contribution in [2.24, 2.45) is 0 Å². The van der Waals surface area contributed by atoms with E-state index in [0.29, 0.717) is 30.3 Å². The Hall–Kier alpha value is -3.03. The van der Waals surface area contributed by atoms with Crippen molar-refractivity contribution in [2.45, 2.75) is 12.5 Å². The summed E-state index contributed by atoms with van der Waals surface area (Å²) in [5.41, 5.74) is 0.789. The molecular weight excluding hydrogens is 336 g/mol. The highest BCUT2D eigenvalue weighted by Gasteiger charge is 2.27. The predicted molar refractivity (Wildman–Crippen MR) is 95.4 cm³/mol. The number of rotatable bonds is 6. The van der Waals surface area contributed by atoms with Crippen molar-refractivity contribution in [3.05, 3.63) is 36.2 Å². The van der Waals surface area contributed by atoms with Gasteiger partial charge in [0.1, 0.15) is 0 Å². The van der Waals surface area contributed by atoms with E-state index in [2.05, 4.69) is 10.2 Å². The van der Waals surface area contributed by atoms with E-state index in [1.54, 1.807) is 67.7 Å². The average Bonchev–Trinajstić information content (AvgIpc) is 3.36. The number of carbonyl (C=O) groups excluding carboxylic acids is 1. The Labute approximate surface area is 151 Å². The molecule has 0 spiro atoms. The summed E-state index contributed by atoms with van der Waals surface area (Å²) in [5, 5.41) is 8.30. The Kier molecular flexibility index (Phi) is 5.40. The minimum absolute atomic E-state index is 0.0478. The van der Waals surface area contributed by atoms with Gasteiger partial charge in [-0.25, -0.2) is 0 Å². The van der Waals surface area contributed by atoms with Gasteiger partial charge in [0.25, 0.3) is 0 Å². The van der Waals surface area contributed by atoms with Crippen molar-refractivity contribution in [1.29, 1.82) is 0 Å². The molecule has 1 aliphatic rings. The summed E-state index contributed by atoms with van der Waals surface area (Å²) in [6.07, 6.45) is 7.44. The van der Waals surface area contributed by atoms with Crippen molar-refractivity contribution in [1.82, 2.24) is 19.9 Å². The van der Waals surface area contributed by atoms with Gasteiger partial charge in [-0.2, -0.15) is 15.0 Å². The van der Waals surface area contributed by atoms with E-state index in [4.69, 9.17) is 14.2 Å². The van der Waals surface area contributed by atoms with Gasteiger partial charge < -0.3 is 19.1 Å². The fourth-order valence-electron chi connectivity index (χ4n) is 3.02. The summed E-state index contributed by atoms with van der Waals surface area (Å²) >= 11 is 0. The summed E-state index contributed by atoms with van der Waals surface area (Å²) in [6.45, 7) is 1.29. The third-order valence-corrected chi connectivity index (χ3v) is 4.34. The predicted octanol–water partition coefficient (Wildman–Crippen LogP) is 1.79. The van der Waals surface area contributed by atoms with E-state index in [0.717, 1.165) is 12.0 Å². The maximum absolute atomic E-state index is 12.5. The highest BCUT2D eigenvalue weighted by atomic mass is 16.5. The van der Waals surface area contributed by atoms with Gasteiger partial charge >= 0.3 is 0 Å². The molecule has 2 heterocycles. The van der Waals surface area contributed by atoms with Gasteiger partial charge in [0, 0.05) is 19.2 Å². The number of benzene rings is 1. The fourth-order valence-corrected chi connectivity index (χ4v) is 3.02. The van der Waals surface area contributed by atoms with E-state index in [1.807, 2.05) is 0 Å². The second kappa shape index (κ2) is 7.90. The van der Waals surface area contributed by atoms with Crippen molar-refractivity contribution < 1.29 is 19.0 Å². The number of amides is 1. The molecule has 1 saturated heterocycles. The van der Waals surface area contributed by atoms with E-state index in [9.17, 15) is 4.79 Å². The SMILES string of the molecule is COc1cc(/C=C/C(=O)N2CCC(n3nccn3)C2)cc(OC)c1OC. The van der Waals surface area contributed by atoms with Crippen LogP contribution in [0.2, 0.25) is 0 Å². The van der Waals surface area contributed by atoms with Gasteiger partial charge in [-0.15, -0.1) is 0 Å². The second-order valence-corrected chi connectivity index (χ2v) is 5.87. The minimum Gasteiger partial charge on any atom is -0.493 e. The number of hydrogen-bond donors (Lipinski definition) is 0. The van der Waals surface area contributed by atoms with Crippen molar-refractivity contribution >= 4 is 12.0 Å². The maximum atomic E-state index is 12.5. The Morgan fingerprint density at radius 2 is 1.77 bits per heavy atom. The molecular formula is C18H22N4O4. The van der Waals surface area contributed by atoms with Gasteiger partial charge in [-0.05, 0) is 30.2 Å². The molecule has 1 aromatic heterocycles. The van der Waals surface area contributed by atoms with E-state index in [1.165, 1.54) is 0 Å². The lowest BCUT2D eigenvalue weighted by atomic mass is 10.1. The number of methoxy groups -OCH3 is 3. The molecule has 8 nitrogen and oxygen atoms in total. The summed E-state index contributed by atoms with van der Waals surface area (Å²) in [5.74, 6) is 1.57. The second-order valence-electron chi connectivity index (χ2n) is 5.87. The zero-order chi connectivity index (χ0) is 18.5. The first-order valence-corrected chi connectivity index (χ1v) is 8.29. The van der Waals surface area contributed by atoms with Crippen LogP contribution in [0.25, 0.3) is 6.08 Å². The molecule has 3 rings (SSSR count). The molecule has 1 aliphatic heterocycles. The van der Waals surface area contributed by atoms with Crippen LogP contribution in [0.3, 0.4) is 0 Å². The third kappa shape index (κ3) is 3.63. The molecule has 0 saturated carbocycles.